The van der Waals surface area contributed by atoms with Crippen molar-refractivity contribution in [1.29, 1.82) is 5.26 Å². The molecule has 0 bridgehead atoms. The zero-order chi connectivity index (χ0) is 14.4. The summed E-state index contributed by atoms with van der Waals surface area (Å²) in [5, 5.41) is 11.9. The number of nitrogens with zero attached hydrogens (tertiary/aromatic N) is 2. The predicted octanol–water partition coefficient (Wildman–Crippen LogP) is 3.17. The Kier molecular flexibility index (Phi) is 4.85. The Hall–Kier alpha value is -2.19. The topological polar surface area (TPSA) is 65.8 Å². The molecule has 0 aliphatic rings. The fraction of sp³-hybridized carbons (Fsp3) is 0.133. The standard InChI is InChI=1S/C15H12BrN3O/c16-13-3-5-14(6-4-13)19-15(20)12(9-17)8-11-2-1-7-18-10-11/h1-7,10,12H,8H2,(H,19,20)/t12-/m0/s1. The first kappa shape index (κ1) is 14.2. The number of pyridine rings is 1. The first-order valence-corrected chi connectivity index (χ1v) is 6.83. The first-order valence-electron chi connectivity index (χ1n) is 6.04. The van der Waals surface area contributed by atoms with Gasteiger partial charge in [0.1, 0.15) is 5.92 Å². The number of hydrogen-bond donors (Lipinski definition) is 1. The molecule has 1 amide bonds. The number of rotatable bonds is 4. The van der Waals surface area contributed by atoms with Crippen molar-refractivity contribution in [2.75, 3.05) is 5.32 Å². The van der Waals surface area contributed by atoms with E-state index in [2.05, 4.69) is 26.2 Å². The number of carbonyl (C=O) groups is 1. The molecule has 0 aliphatic carbocycles. The summed E-state index contributed by atoms with van der Waals surface area (Å²) in [6.45, 7) is 0. The molecule has 100 valence electrons. The zero-order valence-corrected chi connectivity index (χ0v) is 12.2. The molecular weight excluding hydrogens is 318 g/mol. The van der Waals surface area contributed by atoms with Gasteiger partial charge < -0.3 is 5.32 Å². The molecule has 0 saturated carbocycles. The summed E-state index contributed by atoms with van der Waals surface area (Å²) >= 11 is 3.33. The number of halogens is 1. The highest BCUT2D eigenvalue weighted by Crippen LogP contribution is 2.16. The van der Waals surface area contributed by atoms with E-state index >= 15 is 0 Å². The van der Waals surface area contributed by atoms with E-state index in [0.717, 1.165) is 10.0 Å². The molecule has 1 aromatic heterocycles. The molecule has 5 heteroatoms. The van der Waals surface area contributed by atoms with Crippen molar-refractivity contribution in [3.8, 4) is 6.07 Å². The Morgan fingerprint density at radius 3 is 2.70 bits per heavy atom. The van der Waals surface area contributed by atoms with Gasteiger partial charge in [-0.3, -0.25) is 9.78 Å². The minimum atomic E-state index is -0.733. The van der Waals surface area contributed by atoms with Crippen molar-refractivity contribution in [1.82, 2.24) is 4.98 Å². The first-order chi connectivity index (χ1) is 9.69. The van der Waals surface area contributed by atoms with Crippen LogP contribution in [0.3, 0.4) is 0 Å². The fourth-order valence-electron chi connectivity index (χ4n) is 1.71. The smallest absolute Gasteiger partial charge is 0.242 e. The van der Waals surface area contributed by atoms with Crippen LogP contribution in [0.4, 0.5) is 5.69 Å². The highest BCUT2D eigenvalue weighted by Gasteiger charge is 2.18. The van der Waals surface area contributed by atoms with Crippen molar-refractivity contribution in [2.45, 2.75) is 6.42 Å². The molecule has 20 heavy (non-hydrogen) atoms. The third kappa shape index (κ3) is 3.90. The molecule has 0 unspecified atom stereocenters. The van der Waals surface area contributed by atoms with Gasteiger partial charge in [-0.1, -0.05) is 22.0 Å². The molecule has 1 atom stereocenters. The van der Waals surface area contributed by atoms with Crippen LogP contribution in [0.1, 0.15) is 5.56 Å². The molecular formula is C15H12BrN3O. The van der Waals surface area contributed by atoms with Gasteiger partial charge in [0.05, 0.1) is 6.07 Å². The quantitative estimate of drug-likeness (QED) is 0.936. The summed E-state index contributed by atoms with van der Waals surface area (Å²) in [5.74, 6) is -1.04. The van der Waals surface area contributed by atoms with E-state index < -0.39 is 5.92 Å². The number of amides is 1. The van der Waals surface area contributed by atoms with Gasteiger partial charge in [0.15, 0.2) is 0 Å². The Balaban J connectivity index is 2.03. The van der Waals surface area contributed by atoms with E-state index in [0.29, 0.717) is 12.1 Å². The van der Waals surface area contributed by atoms with Gasteiger partial charge in [-0.05, 0) is 42.3 Å². The molecule has 0 saturated heterocycles. The Morgan fingerprint density at radius 1 is 1.35 bits per heavy atom. The van der Waals surface area contributed by atoms with Crippen LogP contribution in [0.5, 0.6) is 0 Å². The van der Waals surface area contributed by atoms with E-state index in [1.165, 1.54) is 0 Å². The van der Waals surface area contributed by atoms with Crippen LogP contribution >= 0.6 is 15.9 Å². The number of aromatic nitrogens is 1. The lowest BCUT2D eigenvalue weighted by Gasteiger charge is -2.10. The van der Waals surface area contributed by atoms with Crippen LogP contribution in [0.2, 0.25) is 0 Å². The van der Waals surface area contributed by atoms with Gasteiger partial charge in [0.25, 0.3) is 0 Å². The Labute approximate surface area is 125 Å². The number of hydrogen-bond acceptors (Lipinski definition) is 3. The van der Waals surface area contributed by atoms with Gasteiger partial charge >= 0.3 is 0 Å². The summed E-state index contributed by atoms with van der Waals surface area (Å²) < 4.78 is 0.933. The number of benzene rings is 1. The molecule has 1 aromatic carbocycles. The molecule has 0 radical (unpaired) electrons. The molecule has 2 rings (SSSR count). The van der Waals surface area contributed by atoms with E-state index in [-0.39, 0.29) is 5.91 Å². The average Bonchev–Trinajstić information content (AvgIpc) is 2.48. The summed E-state index contributed by atoms with van der Waals surface area (Å²) in [6, 6.07) is 12.9. The maximum absolute atomic E-state index is 12.1. The van der Waals surface area contributed by atoms with E-state index in [9.17, 15) is 4.79 Å². The van der Waals surface area contributed by atoms with Gasteiger partial charge in [-0.2, -0.15) is 5.26 Å². The maximum Gasteiger partial charge on any atom is 0.242 e. The fourth-order valence-corrected chi connectivity index (χ4v) is 1.98. The summed E-state index contributed by atoms with van der Waals surface area (Å²) in [7, 11) is 0. The normalized spacial score (nSPS) is 11.4. The summed E-state index contributed by atoms with van der Waals surface area (Å²) in [5.41, 5.74) is 1.54. The monoisotopic (exact) mass is 329 g/mol. The molecule has 1 heterocycles. The summed E-state index contributed by atoms with van der Waals surface area (Å²) in [6.07, 6.45) is 3.68. The van der Waals surface area contributed by atoms with Crippen molar-refractivity contribution in [3.63, 3.8) is 0 Å². The van der Waals surface area contributed by atoms with E-state index in [1.807, 2.05) is 24.3 Å². The van der Waals surface area contributed by atoms with Crippen LogP contribution < -0.4 is 5.32 Å². The number of nitrogens with one attached hydrogen (secondary N) is 1. The second-order valence-electron chi connectivity index (χ2n) is 4.24. The summed E-state index contributed by atoms with van der Waals surface area (Å²) in [4.78, 5) is 16.0. The molecule has 0 fully saturated rings. The Bertz CT molecular complexity index is 620. The van der Waals surface area contributed by atoms with Crippen molar-refractivity contribution >= 4 is 27.5 Å². The minimum absolute atomic E-state index is 0.307. The van der Waals surface area contributed by atoms with Crippen LogP contribution in [0.25, 0.3) is 0 Å². The highest BCUT2D eigenvalue weighted by atomic mass is 79.9. The third-order valence-electron chi connectivity index (χ3n) is 2.75. The Morgan fingerprint density at radius 2 is 2.10 bits per heavy atom. The second kappa shape index (κ2) is 6.83. The van der Waals surface area contributed by atoms with Crippen molar-refractivity contribution in [3.05, 3.63) is 58.8 Å². The number of carbonyl (C=O) groups excluding carboxylic acids is 1. The molecule has 0 aliphatic heterocycles. The molecule has 1 N–H and O–H groups in total. The van der Waals surface area contributed by atoms with Crippen LogP contribution in [-0.2, 0) is 11.2 Å². The highest BCUT2D eigenvalue weighted by molar-refractivity contribution is 9.10. The lowest BCUT2D eigenvalue weighted by Crippen LogP contribution is -2.23. The van der Waals surface area contributed by atoms with Crippen LogP contribution in [0, 0.1) is 17.2 Å². The average molecular weight is 330 g/mol. The van der Waals surface area contributed by atoms with Gasteiger partial charge in [0.2, 0.25) is 5.91 Å². The van der Waals surface area contributed by atoms with Gasteiger partial charge in [0, 0.05) is 22.6 Å². The third-order valence-corrected chi connectivity index (χ3v) is 3.28. The number of nitriles is 1. The van der Waals surface area contributed by atoms with Gasteiger partial charge in [-0.25, -0.2) is 0 Å². The van der Waals surface area contributed by atoms with Gasteiger partial charge in [-0.15, -0.1) is 0 Å². The maximum atomic E-state index is 12.1. The van der Waals surface area contributed by atoms with E-state index in [1.54, 1.807) is 30.6 Å². The molecule has 4 nitrogen and oxygen atoms in total. The molecule has 2 aromatic rings. The number of anilines is 1. The largest absolute Gasteiger partial charge is 0.325 e. The van der Waals surface area contributed by atoms with E-state index in [4.69, 9.17) is 5.26 Å². The second-order valence-corrected chi connectivity index (χ2v) is 5.16. The molecule has 0 spiro atoms. The van der Waals surface area contributed by atoms with Crippen molar-refractivity contribution < 1.29 is 4.79 Å². The van der Waals surface area contributed by atoms with Crippen molar-refractivity contribution in [2.24, 2.45) is 5.92 Å². The van der Waals surface area contributed by atoms with Crippen LogP contribution in [0.15, 0.2) is 53.3 Å². The predicted molar refractivity (Wildman–Crippen MR) is 79.8 cm³/mol. The lowest BCUT2D eigenvalue weighted by molar-refractivity contribution is -0.118. The zero-order valence-electron chi connectivity index (χ0n) is 10.6. The minimum Gasteiger partial charge on any atom is -0.325 e. The van der Waals surface area contributed by atoms with Crippen LogP contribution in [-0.4, -0.2) is 10.9 Å². The lowest BCUT2D eigenvalue weighted by atomic mass is 10.0. The SMILES string of the molecule is N#C[C@H](Cc1cccnc1)C(=O)Nc1ccc(Br)cc1.